The van der Waals surface area contributed by atoms with Crippen molar-refractivity contribution in [2.24, 2.45) is 0 Å². The van der Waals surface area contributed by atoms with E-state index in [0.717, 1.165) is 0 Å². The first-order valence-electron chi connectivity index (χ1n) is 5.28. The molecule has 0 aliphatic carbocycles. The summed E-state index contributed by atoms with van der Waals surface area (Å²) in [4.78, 5) is 13.1. The molecular formula is C13H12FNO2. The highest BCUT2D eigenvalue weighted by molar-refractivity contribution is 5.90. The predicted octanol–water partition coefficient (Wildman–Crippen LogP) is 0.770. The first-order valence-corrected chi connectivity index (χ1v) is 5.28. The molecule has 0 spiro atoms. The van der Waals surface area contributed by atoms with E-state index in [9.17, 15) is 14.3 Å². The van der Waals surface area contributed by atoms with Gasteiger partial charge in [-0.25, -0.2) is 4.39 Å². The Morgan fingerprint density at radius 1 is 1.41 bits per heavy atom. The van der Waals surface area contributed by atoms with Crippen LogP contribution < -0.4 is 0 Å². The summed E-state index contributed by atoms with van der Waals surface area (Å²) in [6.45, 7) is 0.493. The Kier molecular flexibility index (Phi) is 2.86. The number of hydrogen-bond acceptors (Lipinski definition) is 2. The number of carbonyl (C=O) groups is 1. The van der Waals surface area contributed by atoms with Gasteiger partial charge in [0.25, 0.3) is 5.91 Å². The number of rotatable bonds is 0. The third-order valence-corrected chi connectivity index (χ3v) is 2.77. The van der Waals surface area contributed by atoms with Gasteiger partial charge in [-0.3, -0.25) is 4.79 Å². The van der Waals surface area contributed by atoms with Gasteiger partial charge in [0.1, 0.15) is 5.82 Å². The summed E-state index contributed by atoms with van der Waals surface area (Å²) in [6, 6.07) is 5.59. The van der Waals surface area contributed by atoms with Crippen LogP contribution in [0, 0.1) is 17.7 Å². The first kappa shape index (κ1) is 11.6. The molecular weight excluding hydrogens is 221 g/mol. The highest BCUT2D eigenvalue weighted by atomic mass is 19.1. The van der Waals surface area contributed by atoms with Crippen molar-refractivity contribution in [2.75, 3.05) is 13.6 Å². The lowest BCUT2D eigenvalue weighted by Crippen LogP contribution is -2.37. The van der Waals surface area contributed by atoms with E-state index in [1.165, 1.54) is 29.2 Å². The summed E-state index contributed by atoms with van der Waals surface area (Å²) in [6.07, 6.45) is 0.302. The number of hydrogen-bond donors (Lipinski definition) is 1. The quantitative estimate of drug-likeness (QED) is 0.672. The van der Waals surface area contributed by atoms with Gasteiger partial charge in [-0.1, -0.05) is 11.8 Å². The predicted molar refractivity (Wildman–Crippen MR) is 60.5 cm³/mol. The van der Waals surface area contributed by atoms with E-state index < -0.39 is 5.60 Å². The maximum absolute atomic E-state index is 12.7. The van der Waals surface area contributed by atoms with E-state index in [0.29, 0.717) is 18.5 Å². The maximum atomic E-state index is 12.7. The van der Waals surface area contributed by atoms with Crippen molar-refractivity contribution in [1.29, 1.82) is 0 Å². The Morgan fingerprint density at radius 2 is 2.06 bits per heavy atom. The molecule has 2 rings (SSSR count). The molecule has 1 atom stereocenters. The zero-order valence-corrected chi connectivity index (χ0v) is 9.40. The van der Waals surface area contributed by atoms with Crippen molar-refractivity contribution in [2.45, 2.75) is 12.0 Å². The molecule has 1 amide bonds. The van der Waals surface area contributed by atoms with Gasteiger partial charge >= 0.3 is 0 Å². The molecule has 1 aliphatic rings. The topological polar surface area (TPSA) is 40.5 Å². The lowest BCUT2D eigenvalue weighted by molar-refractivity contribution is -0.137. The van der Waals surface area contributed by atoms with E-state index in [2.05, 4.69) is 11.8 Å². The van der Waals surface area contributed by atoms with Crippen molar-refractivity contribution in [1.82, 2.24) is 4.90 Å². The fourth-order valence-electron chi connectivity index (χ4n) is 1.68. The minimum Gasteiger partial charge on any atom is -0.369 e. The van der Waals surface area contributed by atoms with Crippen LogP contribution in [-0.2, 0) is 4.79 Å². The van der Waals surface area contributed by atoms with Crippen LogP contribution in [0.4, 0.5) is 4.39 Å². The van der Waals surface area contributed by atoms with Gasteiger partial charge < -0.3 is 10.0 Å². The summed E-state index contributed by atoms with van der Waals surface area (Å²) in [5.41, 5.74) is -1.02. The fourth-order valence-corrected chi connectivity index (χ4v) is 1.68. The molecule has 0 bridgehead atoms. The molecule has 3 nitrogen and oxygen atoms in total. The molecule has 0 aromatic heterocycles. The van der Waals surface area contributed by atoms with Gasteiger partial charge in [-0.2, -0.15) is 0 Å². The first-order chi connectivity index (χ1) is 8.01. The minimum absolute atomic E-state index is 0.302. The van der Waals surface area contributed by atoms with Crippen LogP contribution in [0.1, 0.15) is 12.0 Å². The van der Waals surface area contributed by atoms with Crippen LogP contribution in [0.15, 0.2) is 24.3 Å². The monoisotopic (exact) mass is 233 g/mol. The molecule has 1 aliphatic heterocycles. The van der Waals surface area contributed by atoms with Crippen molar-refractivity contribution in [3.8, 4) is 11.8 Å². The lowest BCUT2D eigenvalue weighted by Gasteiger charge is -2.13. The zero-order chi connectivity index (χ0) is 12.5. The number of halogens is 1. The second kappa shape index (κ2) is 4.19. The largest absolute Gasteiger partial charge is 0.369 e. The smallest absolute Gasteiger partial charge is 0.267 e. The molecule has 1 fully saturated rings. The molecule has 17 heavy (non-hydrogen) atoms. The third kappa shape index (κ3) is 2.29. The summed E-state index contributed by atoms with van der Waals surface area (Å²) in [5, 5.41) is 10.0. The van der Waals surface area contributed by atoms with Crippen LogP contribution in [0.5, 0.6) is 0 Å². The average molecular weight is 233 g/mol. The highest BCUT2D eigenvalue weighted by Gasteiger charge is 2.42. The number of likely N-dealkylation sites (N-methyl/N-ethyl adjacent to an activating group) is 1. The number of nitrogens with zero attached hydrogens (tertiary/aromatic N) is 1. The Hall–Kier alpha value is -1.86. The van der Waals surface area contributed by atoms with E-state index in [1.54, 1.807) is 7.05 Å². The van der Waals surface area contributed by atoms with Crippen LogP contribution in [0.3, 0.4) is 0 Å². The zero-order valence-electron chi connectivity index (χ0n) is 9.40. The number of likely N-dealkylation sites (tertiary alicyclic amines) is 1. The Labute approximate surface area is 98.9 Å². The molecule has 88 valence electrons. The molecule has 1 saturated heterocycles. The molecule has 0 radical (unpaired) electrons. The van der Waals surface area contributed by atoms with Gasteiger partial charge in [0.2, 0.25) is 5.60 Å². The standard InChI is InChI=1S/C13H12FNO2/c1-15-9-8-13(17,12(15)16)7-6-10-2-4-11(14)5-3-10/h2-5,17H,8-9H2,1H3. The normalized spacial score (nSPS) is 23.5. The molecule has 4 heteroatoms. The molecule has 1 unspecified atom stereocenters. The van der Waals surface area contributed by atoms with E-state index in [-0.39, 0.29) is 11.7 Å². The van der Waals surface area contributed by atoms with Crippen molar-refractivity contribution >= 4 is 5.91 Å². The van der Waals surface area contributed by atoms with Crippen molar-refractivity contribution in [3.05, 3.63) is 35.6 Å². The van der Waals surface area contributed by atoms with Gasteiger partial charge in [0, 0.05) is 25.6 Å². The summed E-state index contributed by atoms with van der Waals surface area (Å²) in [7, 11) is 1.62. The summed E-state index contributed by atoms with van der Waals surface area (Å²) < 4.78 is 12.7. The van der Waals surface area contributed by atoms with E-state index in [1.807, 2.05) is 0 Å². The van der Waals surface area contributed by atoms with E-state index >= 15 is 0 Å². The summed E-state index contributed by atoms with van der Waals surface area (Å²) >= 11 is 0. The van der Waals surface area contributed by atoms with Crippen LogP contribution >= 0.6 is 0 Å². The van der Waals surface area contributed by atoms with Crippen LogP contribution in [0.25, 0.3) is 0 Å². The van der Waals surface area contributed by atoms with Crippen LogP contribution in [0.2, 0.25) is 0 Å². The Balaban J connectivity index is 2.22. The van der Waals surface area contributed by atoms with Gasteiger partial charge in [-0.15, -0.1) is 0 Å². The van der Waals surface area contributed by atoms with Crippen molar-refractivity contribution in [3.63, 3.8) is 0 Å². The van der Waals surface area contributed by atoms with Gasteiger partial charge in [0.15, 0.2) is 0 Å². The minimum atomic E-state index is -1.59. The van der Waals surface area contributed by atoms with Gasteiger partial charge in [0.05, 0.1) is 0 Å². The Bertz CT molecular complexity index is 500. The second-order valence-corrected chi connectivity index (χ2v) is 4.09. The molecule has 1 aromatic rings. The molecule has 1 heterocycles. The molecule has 0 saturated carbocycles. The Morgan fingerprint density at radius 3 is 2.59 bits per heavy atom. The number of aliphatic hydroxyl groups is 1. The highest BCUT2D eigenvalue weighted by Crippen LogP contribution is 2.20. The molecule has 1 aromatic carbocycles. The average Bonchev–Trinajstić information content (AvgIpc) is 2.58. The van der Waals surface area contributed by atoms with Crippen molar-refractivity contribution < 1.29 is 14.3 Å². The third-order valence-electron chi connectivity index (χ3n) is 2.77. The summed E-state index contributed by atoms with van der Waals surface area (Å²) in [5.74, 6) is 4.53. The maximum Gasteiger partial charge on any atom is 0.267 e. The number of carbonyl (C=O) groups excluding carboxylic acids is 1. The number of amides is 1. The number of benzene rings is 1. The SMILES string of the molecule is CN1CCC(O)(C#Cc2ccc(F)cc2)C1=O. The lowest BCUT2D eigenvalue weighted by atomic mass is 10.0. The van der Waals surface area contributed by atoms with E-state index in [4.69, 9.17) is 0 Å². The fraction of sp³-hybridized carbons (Fsp3) is 0.308. The van der Waals surface area contributed by atoms with Crippen LogP contribution in [-0.4, -0.2) is 35.1 Å². The molecule has 1 N–H and O–H groups in total. The second-order valence-electron chi connectivity index (χ2n) is 4.09. The van der Waals surface area contributed by atoms with Gasteiger partial charge in [-0.05, 0) is 24.3 Å².